The molecule has 0 radical (unpaired) electrons. The molecule has 0 saturated carbocycles. The first-order valence-corrected chi connectivity index (χ1v) is 8.31. The number of carbonyl (C=O) groups excluding carboxylic acids is 1. The van der Waals surface area contributed by atoms with Gasteiger partial charge in [0.1, 0.15) is 0 Å². The molecule has 0 aliphatic heterocycles. The van der Waals surface area contributed by atoms with Crippen molar-refractivity contribution in [3.05, 3.63) is 65.5 Å². The van der Waals surface area contributed by atoms with Gasteiger partial charge in [-0.05, 0) is 48.4 Å². The number of hydrogen-bond donors (Lipinski definition) is 2. The number of nitrogens with one attached hydrogen (secondary N) is 2. The van der Waals surface area contributed by atoms with E-state index in [-0.39, 0.29) is 6.03 Å². The monoisotopic (exact) mass is 309 g/mol. The normalized spacial score (nSPS) is 16.4. The van der Waals surface area contributed by atoms with Crippen molar-refractivity contribution in [1.29, 1.82) is 0 Å². The van der Waals surface area contributed by atoms with Gasteiger partial charge in [0.2, 0.25) is 0 Å². The highest BCUT2D eigenvalue weighted by Crippen LogP contribution is 2.30. The Kier molecular flexibility index (Phi) is 5.25. The van der Waals surface area contributed by atoms with E-state index in [1.807, 2.05) is 18.3 Å². The van der Waals surface area contributed by atoms with Crippen molar-refractivity contribution < 1.29 is 4.79 Å². The Morgan fingerprint density at radius 2 is 2.09 bits per heavy atom. The summed E-state index contributed by atoms with van der Waals surface area (Å²) in [5, 5.41) is 5.93. The molecule has 2 aromatic rings. The van der Waals surface area contributed by atoms with Crippen LogP contribution < -0.4 is 10.6 Å². The number of aryl methyl sites for hydroxylation is 1. The summed E-state index contributed by atoms with van der Waals surface area (Å²) in [5.41, 5.74) is 3.96. The van der Waals surface area contributed by atoms with Crippen LogP contribution in [0.4, 0.5) is 4.79 Å². The zero-order chi connectivity index (χ0) is 15.9. The first-order chi connectivity index (χ1) is 11.3. The van der Waals surface area contributed by atoms with Crippen LogP contribution in [0.2, 0.25) is 0 Å². The third-order valence-corrected chi connectivity index (χ3v) is 4.42. The molecule has 3 rings (SSSR count). The molecule has 23 heavy (non-hydrogen) atoms. The standard InChI is InChI=1S/C19H23N3O/c23-19(21-12-10-15-5-4-11-20-13-15)22-14-17-8-3-7-16-6-1-2-9-18(16)17/h1-2,4-6,9,11,13,17H,3,7-8,10,12,14H2,(H2,21,22,23). The fraction of sp³-hybridized carbons (Fsp3) is 0.368. The lowest BCUT2D eigenvalue weighted by molar-refractivity contribution is 0.240. The summed E-state index contributed by atoms with van der Waals surface area (Å²) < 4.78 is 0. The van der Waals surface area contributed by atoms with Crippen molar-refractivity contribution in [1.82, 2.24) is 15.6 Å². The van der Waals surface area contributed by atoms with Crippen LogP contribution in [0.25, 0.3) is 0 Å². The topological polar surface area (TPSA) is 54.0 Å². The lowest BCUT2D eigenvalue weighted by Gasteiger charge is -2.25. The summed E-state index contributed by atoms with van der Waals surface area (Å²) in [7, 11) is 0. The lowest BCUT2D eigenvalue weighted by atomic mass is 9.83. The summed E-state index contributed by atoms with van der Waals surface area (Å²) >= 11 is 0. The van der Waals surface area contributed by atoms with Crippen LogP contribution in [-0.2, 0) is 12.8 Å². The Morgan fingerprint density at radius 1 is 1.17 bits per heavy atom. The quantitative estimate of drug-likeness (QED) is 0.892. The summed E-state index contributed by atoms with van der Waals surface area (Å²) in [4.78, 5) is 16.0. The molecule has 4 nitrogen and oxygen atoms in total. The molecule has 4 heteroatoms. The van der Waals surface area contributed by atoms with Crippen molar-refractivity contribution in [2.45, 2.75) is 31.6 Å². The molecule has 1 atom stereocenters. The highest BCUT2D eigenvalue weighted by atomic mass is 16.2. The number of carbonyl (C=O) groups is 1. The number of nitrogens with zero attached hydrogens (tertiary/aromatic N) is 1. The van der Waals surface area contributed by atoms with Crippen molar-refractivity contribution >= 4 is 6.03 Å². The molecular formula is C19H23N3O. The minimum atomic E-state index is -0.0862. The van der Waals surface area contributed by atoms with Gasteiger partial charge in [-0.2, -0.15) is 0 Å². The van der Waals surface area contributed by atoms with Gasteiger partial charge in [-0.15, -0.1) is 0 Å². The maximum absolute atomic E-state index is 12.0. The lowest BCUT2D eigenvalue weighted by Crippen LogP contribution is -2.39. The predicted octanol–water partition coefficient (Wildman–Crippen LogP) is 3.04. The van der Waals surface area contributed by atoms with Crippen LogP contribution in [0.1, 0.15) is 35.4 Å². The molecule has 1 unspecified atom stereocenters. The Bertz CT molecular complexity index is 642. The minimum Gasteiger partial charge on any atom is -0.338 e. The van der Waals surface area contributed by atoms with Crippen LogP contribution in [0, 0.1) is 0 Å². The second kappa shape index (κ2) is 7.77. The fourth-order valence-corrected chi connectivity index (χ4v) is 3.21. The average Bonchev–Trinajstić information content (AvgIpc) is 2.61. The molecule has 1 heterocycles. The van der Waals surface area contributed by atoms with Gasteiger partial charge in [0.15, 0.2) is 0 Å². The SMILES string of the molecule is O=C(NCCc1cccnc1)NCC1CCCc2ccccc21. The van der Waals surface area contributed by atoms with Crippen molar-refractivity contribution in [2.75, 3.05) is 13.1 Å². The van der Waals surface area contributed by atoms with Gasteiger partial charge in [-0.25, -0.2) is 4.79 Å². The maximum Gasteiger partial charge on any atom is 0.314 e. The Labute approximate surface area is 137 Å². The number of rotatable bonds is 5. The number of hydrogen-bond acceptors (Lipinski definition) is 2. The fourth-order valence-electron chi connectivity index (χ4n) is 3.21. The van der Waals surface area contributed by atoms with E-state index < -0.39 is 0 Å². The summed E-state index contributed by atoms with van der Waals surface area (Å²) in [6.45, 7) is 1.33. The highest BCUT2D eigenvalue weighted by molar-refractivity contribution is 5.73. The highest BCUT2D eigenvalue weighted by Gasteiger charge is 2.19. The molecule has 2 amide bonds. The molecular weight excluding hydrogens is 286 g/mol. The molecule has 0 spiro atoms. The van der Waals surface area contributed by atoms with E-state index in [1.54, 1.807) is 6.20 Å². The van der Waals surface area contributed by atoms with Crippen LogP contribution in [0.15, 0.2) is 48.8 Å². The molecule has 1 aromatic heterocycles. The van der Waals surface area contributed by atoms with Gasteiger partial charge < -0.3 is 10.6 Å². The van der Waals surface area contributed by atoms with Gasteiger partial charge in [-0.1, -0.05) is 30.3 Å². The molecule has 1 aliphatic rings. The number of pyridine rings is 1. The Hall–Kier alpha value is -2.36. The predicted molar refractivity (Wildman–Crippen MR) is 91.5 cm³/mol. The first kappa shape index (κ1) is 15.5. The van der Waals surface area contributed by atoms with Gasteiger partial charge in [0.25, 0.3) is 0 Å². The summed E-state index contributed by atoms with van der Waals surface area (Å²) in [5.74, 6) is 0.434. The van der Waals surface area contributed by atoms with Crippen LogP contribution in [0.3, 0.4) is 0 Å². The van der Waals surface area contributed by atoms with Crippen LogP contribution in [0.5, 0.6) is 0 Å². The van der Waals surface area contributed by atoms with Gasteiger partial charge in [-0.3, -0.25) is 4.98 Å². The Balaban J connectivity index is 1.43. The Morgan fingerprint density at radius 3 is 2.96 bits per heavy atom. The molecule has 0 saturated heterocycles. The molecule has 1 aliphatic carbocycles. The van der Waals surface area contributed by atoms with Crippen molar-refractivity contribution in [2.24, 2.45) is 0 Å². The third-order valence-electron chi connectivity index (χ3n) is 4.42. The van der Waals surface area contributed by atoms with Gasteiger partial charge >= 0.3 is 6.03 Å². The second-order valence-electron chi connectivity index (χ2n) is 6.04. The molecule has 120 valence electrons. The smallest absolute Gasteiger partial charge is 0.314 e. The average molecular weight is 309 g/mol. The van der Waals surface area contributed by atoms with E-state index in [0.29, 0.717) is 19.0 Å². The third kappa shape index (κ3) is 4.31. The molecule has 1 aromatic carbocycles. The number of urea groups is 1. The van der Waals surface area contributed by atoms with E-state index in [0.717, 1.165) is 24.8 Å². The number of benzene rings is 1. The first-order valence-electron chi connectivity index (χ1n) is 8.31. The minimum absolute atomic E-state index is 0.0862. The largest absolute Gasteiger partial charge is 0.338 e. The van der Waals surface area contributed by atoms with E-state index in [4.69, 9.17) is 0 Å². The van der Waals surface area contributed by atoms with Crippen molar-refractivity contribution in [3.8, 4) is 0 Å². The molecule has 2 N–H and O–H groups in total. The summed E-state index contributed by atoms with van der Waals surface area (Å²) in [6, 6.07) is 12.4. The van der Waals surface area contributed by atoms with Gasteiger partial charge in [0, 0.05) is 31.4 Å². The number of amides is 2. The zero-order valence-corrected chi connectivity index (χ0v) is 13.3. The van der Waals surface area contributed by atoms with Crippen LogP contribution >= 0.6 is 0 Å². The number of fused-ring (bicyclic) bond motifs is 1. The van der Waals surface area contributed by atoms with E-state index in [1.165, 1.54) is 17.5 Å². The van der Waals surface area contributed by atoms with E-state index >= 15 is 0 Å². The molecule has 0 bridgehead atoms. The van der Waals surface area contributed by atoms with Gasteiger partial charge in [0.05, 0.1) is 0 Å². The second-order valence-corrected chi connectivity index (χ2v) is 6.04. The zero-order valence-electron chi connectivity index (χ0n) is 13.3. The summed E-state index contributed by atoms with van der Waals surface area (Å²) in [6.07, 6.45) is 7.89. The maximum atomic E-state index is 12.0. The molecule has 0 fully saturated rings. The van der Waals surface area contributed by atoms with Crippen LogP contribution in [-0.4, -0.2) is 24.1 Å². The van der Waals surface area contributed by atoms with Crippen molar-refractivity contribution in [3.63, 3.8) is 0 Å². The number of aromatic nitrogens is 1. The van der Waals surface area contributed by atoms with E-state index in [9.17, 15) is 4.79 Å². The van der Waals surface area contributed by atoms with E-state index in [2.05, 4.69) is 39.9 Å².